The van der Waals surface area contributed by atoms with Gasteiger partial charge in [-0.1, -0.05) is 30.3 Å². The summed E-state index contributed by atoms with van der Waals surface area (Å²) < 4.78 is 5.72. The van der Waals surface area contributed by atoms with E-state index in [0.717, 1.165) is 50.6 Å². The Morgan fingerprint density at radius 3 is 2.52 bits per heavy atom. The summed E-state index contributed by atoms with van der Waals surface area (Å²) in [6.45, 7) is 11.0. The molecule has 0 aromatic heterocycles. The molecule has 1 N–H and O–H groups in total. The second kappa shape index (κ2) is 11.6. The fourth-order valence-electron chi connectivity index (χ4n) is 3.32. The quantitative estimate of drug-likeness (QED) is 0.561. The second-order valence-electron chi connectivity index (χ2n) is 6.71. The number of carbonyl (C=O) groups excluding carboxylic acids is 1. The first-order valence-corrected chi connectivity index (χ1v) is 10.1. The average Bonchev–Trinajstić information content (AvgIpc) is 2.71. The molecule has 0 spiro atoms. The predicted octanol–water partition coefficient (Wildman–Crippen LogP) is 2.50. The molecule has 0 aliphatic carbocycles. The molecule has 0 saturated carbocycles. The molecule has 1 heterocycles. The summed E-state index contributed by atoms with van der Waals surface area (Å²) in [7, 11) is 0. The Balaban J connectivity index is 1.93. The number of likely N-dealkylation sites (N-methyl/N-ethyl adjacent to an activating group) is 1. The maximum Gasteiger partial charge on any atom is 0.244 e. The molecule has 1 aromatic carbocycles. The lowest BCUT2D eigenvalue weighted by Gasteiger charge is -2.34. The van der Waals surface area contributed by atoms with Crippen LogP contribution in [0.4, 0.5) is 0 Å². The summed E-state index contributed by atoms with van der Waals surface area (Å²) in [6, 6.07) is 10.1. The molecule has 27 heavy (non-hydrogen) atoms. The molecule has 1 aliphatic heterocycles. The van der Waals surface area contributed by atoms with E-state index in [1.54, 1.807) is 0 Å². The number of amides is 1. The van der Waals surface area contributed by atoms with Gasteiger partial charge in [-0.15, -0.1) is 0 Å². The molecule has 1 saturated heterocycles. The Hall–Kier alpha value is -2.08. The van der Waals surface area contributed by atoms with Crippen molar-refractivity contribution in [3.8, 4) is 0 Å². The third kappa shape index (κ3) is 6.86. The van der Waals surface area contributed by atoms with Crippen molar-refractivity contribution in [2.24, 2.45) is 4.99 Å². The first-order valence-electron chi connectivity index (χ1n) is 10.1. The number of piperidine rings is 1. The lowest BCUT2D eigenvalue weighted by atomic mass is 10.1. The van der Waals surface area contributed by atoms with Gasteiger partial charge >= 0.3 is 0 Å². The van der Waals surface area contributed by atoms with Crippen LogP contribution < -0.4 is 5.32 Å². The van der Waals surface area contributed by atoms with E-state index < -0.39 is 0 Å². The number of rotatable bonds is 8. The number of nitrogens with one attached hydrogen (secondary N) is 1. The van der Waals surface area contributed by atoms with Crippen molar-refractivity contribution in [2.45, 2.75) is 46.3 Å². The highest BCUT2D eigenvalue weighted by Gasteiger charge is 2.22. The van der Waals surface area contributed by atoms with E-state index in [9.17, 15) is 4.79 Å². The summed E-state index contributed by atoms with van der Waals surface area (Å²) >= 11 is 0. The zero-order chi connectivity index (χ0) is 19.5. The standard InChI is InChI=1S/C21H34N4O2/c1-4-22-21(25-14-12-19(13-15-25)27-6-3)23-16-20(26)24(5-2)17-18-10-8-7-9-11-18/h7-11,19H,4-6,12-17H2,1-3H3,(H,22,23). The van der Waals surface area contributed by atoms with Gasteiger partial charge in [-0.2, -0.15) is 0 Å². The van der Waals surface area contributed by atoms with Crippen molar-refractivity contribution in [2.75, 3.05) is 39.3 Å². The van der Waals surface area contributed by atoms with E-state index in [-0.39, 0.29) is 12.5 Å². The average molecular weight is 375 g/mol. The monoisotopic (exact) mass is 374 g/mol. The molecule has 6 heteroatoms. The zero-order valence-corrected chi connectivity index (χ0v) is 17.0. The van der Waals surface area contributed by atoms with Crippen molar-refractivity contribution in [3.63, 3.8) is 0 Å². The maximum atomic E-state index is 12.7. The third-order valence-electron chi connectivity index (χ3n) is 4.79. The molecule has 1 fully saturated rings. The Kier molecular flexibility index (Phi) is 9.11. The van der Waals surface area contributed by atoms with E-state index in [1.165, 1.54) is 0 Å². The van der Waals surface area contributed by atoms with Gasteiger partial charge in [0.05, 0.1) is 6.10 Å². The van der Waals surface area contributed by atoms with Crippen molar-refractivity contribution in [3.05, 3.63) is 35.9 Å². The molecular weight excluding hydrogens is 340 g/mol. The van der Waals surface area contributed by atoms with Gasteiger partial charge in [0.15, 0.2) is 5.96 Å². The Morgan fingerprint density at radius 1 is 1.22 bits per heavy atom. The first-order chi connectivity index (χ1) is 13.2. The summed E-state index contributed by atoms with van der Waals surface area (Å²) in [5.41, 5.74) is 1.14. The Bertz CT molecular complexity index is 583. The van der Waals surface area contributed by atoms with Gasteiger partial charge < -0.3 is 19.9 Å². The van der Waals surface area contributed by atoms with Crippen LogP contribution in [-0.2, 0) is 16.1 Å². The van der Waals surface area contributed by atoms with Gasteiger partial charge in [-0.3, -0.25) is 4.79 Å². The molecule has 1 amide bonds. The molecule has 150 valence electrons. The zero-order valence-electron chi connectivity index (χ0n) is 17.0. The summed E-state index contributed by atoms with van der Waals surface area (Å²) in [4.78, 5) is 21.4. The molecule has 6 nitrogen and oxygen atoms in total. The number of aliphatic imine (C=N–C) groups is 1. The lowest BCUT2D eigenvalue weighted by molar-refractivity contribution is -0.130. The number of likely N-dealkylation sites (tertiary alicyclic amines) is 1. The summed E-state index contributed by atoms with van der Waals surface area (Å²) in [6.07, 6.45) is 2.35. The van der Waals surface area contributed by atoms with Crippen molar-refractivity contribution in [1.82, 2.24) is 15.1 Å². The van der Waals surface area contributed by atoms with Gasteiger partial charge in [-0.05, 0) is 39.2 Å². The van der Waals surface area contributed by atoms with Crippen LogP contribution in [0.25, 0.3) is 0 Å². The largest absolute Gasteiger partial charge is 0.378 e. The first kappa shape index (κ1) is 21.2. The van der Waals surface area contributed by atoms with Crippen molar-refractivity contribution in [1.29, 1.82) is 0 Å². The van der Waals surface area contributed by atoms with Gasteiger partial charge in [-0.25, -0.2) is 4.99 Å². The molecule has 1 aliphatic rings. The van der Waals surface area contributed by atoms with E-state index in [1.807, 2.05) is 49.1 Å². The van der Waals surface area contributed by atoms with E-state index >= 15 is 0 Å². The fraction of sp³-hybridized carbons (Fsp3) is 0.619. The Labute approximate surface area is 163 Å². The number of benzene rings is 1. The number of hydrogen-bond donors (Lipinski definition) is 1. The van der Waals surface area contributed by atoms with Gasteiger partial charge in [0.25, 0.3) is 0 Å². The van der Waals surface area contributed by atoms with Gasteiger partial charge in [0.2, 0.25) is 5.91 Å². The number of guanidine groups is 1. The van der Waals surface area contributed by atoms with Crippen molar-refractivity contribution < 1.29 is 9.53 Å². The summed E-state index contributed by atoms with van der Waals surface area (Å²) in [5, 5.41) is 3.33. The van der Waals surface area contributed by atoms with E-state index in [2.05, 4.69) is 22.1 Å². The van der Waals surface area contributed by atoms with Crippen LogP contribution in [0.15, 0.2) is 35.3 Å². The molecule has 0 radical (unpaired) electrons. The highest BCUT2D eigenvalue weighted by Crippen LogP contribution is 2.14. The summed E-state index contributed by atoms with van der Waals surface area (Å²) in [5.74, 6) is 0.887. The SMILES string of the molecule is CCNC(=NCC(=O)N(CC)Cc1ccccc1)N1CCC(OCC)CC1. The van der Waals surface area contributed by atoms with Crippen LogP contribution in [-0.4, -0.2) is 67.1 Å². The van der Waals surface area contributed by atoms with Gasteiger partial charge in [0.1, 0.15) is 6.54 Å². The van der Waals surface area contributed by atoms with Crippen LogP contribution in [0, 0.1) is 0 Å². The highest BCUT2D eigenvalue weighted by atomic mass is 16.5. The number of ether oxygens (including phenoxy) is 1. The second-order valence-corrected chi connectivity index (χ2v) is 6.71. The molecule has 0 bridgehead atoms. The smallest absolute Gasteiger partial charge is 0.244 e. The van der Waals surface area contributed by atoms with Crippen LogP contribution in [0.2, 0.25) is 0 Å². The fourth-order valence-corrected chi connectivity index (χ4v) is 3.32. The number of hydrogen-bond acceptors (Lipinski definition) is 3. The number of nitrogens with zero attached hydrogens (tertiary/aromatic N) is 3. The van der Waals surface area contributed by atoms with Crippen LogP contribution in [0.1, 0.15) is 39.2 Å². The van der Waals surface area contributed by atoms with Crippen LogP contribution >= 0.6 is 0 Å². The molecule has 0 atom stereocenters. The topological polar surface area (TPSA) is 57.2 Å². The van der Waals surface area contributed by atoms with E-state index in [4.69, 9.17) is 4.74 Å². The normalized spacial score (nSPS) is 15.7. The Morgan fingerprint density at radius 2 is 1.93 bits per heavy atom. The maximum absolute atomic E-state index is 12.7. The minimum Gasteiger partial charge on any atom is -0.378 e. The minimum atomic E-state index is 0.0564. The molecule has 1 aromatic rings. The minimum absolute atomic E-state index is 0.0564. The van der Waals surface area contributed by atoms with Gasteiger partial charge in [0, 0.05) is 39.3 Å². The number of carbonyl (C=O) groups is 1. The van der Waals surface area contributed by atoms with Crippen LogP contribution in [0.3, 0.4) is 0 Å². The molecule has 2 rings (SSSR count). The lowest BCUT2D eigenvalue weighted by Crippen LogP contribution is -2.47. The predicted molar refractivity (Wildman–Crippen MR) is 110 cm³/mol. The molecule has 0 unspecified atom stereocenters. The molecular formula is C21H34N4O2. The van der Waals surface area contributed by atoms with Crippen molar-refractivity contribution >= 4 is 11.9 Å². The third-order valence-corrected chi connectivity index (χ3v) is 4.79. The van der Waals surface area contributed by atoms with E-state index in [0.29, 0.717) is 19.2 Å². The highest BCUT2D eigenvalue weighted by molar-refractivity contribution is 5.85. The van der Waals surface area contributed by atoms with Crippen LogP contribution in [0.5, 0.6) is 0 Å².